The summed E-state index contributed by atoms with van der Waals surface area (Å²) in [6.07, 6.45) is 0.610. The maximum Gasteiger partial charge on any atom is 0.261 e. The molecular formula is C14H13O3P. The number of hydrogen-bond acceptors (Lipinski definition) is 3. The molecule has 0 heterocycles. The van der Waals surface area contributed by atoms with Gasteiger partial charge in [0.2, 0.25) is 0 Å². The van der Waals surface area contributed by atoms with Crippen LogP contribution in [-0.4, -0.2) is 12.9 Å². The Hall–Kier alpha value is -1.70. The average molecular weight is 260 g/mol. The van der Waals surface area contributed by atoms with Gasteiger partial charge in [-0.05, 0) is 24.3 Å². The third-order valence-electron chi connectivity index (χ3n) is 2.52. The summed E-state index contributed by atoms with van der Waals surface area (Å²) in [5, 5.41) is 1.19. The minimum absolute atomic E-state index is 0.179. The molecular weight excluding hydrogens is 247 g/mol. The van der Waals surface area contributed by atoms with E-state index in [2.05, 4.69) is 0 Å². The normalized spacial score (nSPS) is 11.1. The molecule has 0 radical (unpaired) electrons. The molecule has 0 fully saturated rings. The molecule has 0 saturated carbocycles. The predicted octanol–water partition coefficient (Wildman–Crippen LogP) is 2.13. The monoisotopic (exact) mass is 260 g/mol. The third-order valence-corrected chi connectivity index (χ3v) is 4.99. The van der Waals surface area contributed by atoms with Crippen LogP contribution in [-0.2, 0) is 13.9 Å². The topological polar surface area (TPSA) is 43.4 Å². The summed E-state index contributed by atoms with van der Waals surface area (Å²) < 4.78 is 18.3. The summed E-state index contributed by atoms with van der Waals surface area (Å²) >= 11 is 0. The van der Waals surface area contributed by atoms with Crippen LogP contribution in [0, 0.1) is 0 Å². The zero-order valence-electron chi connectivity index (χ0n) is 9.73. The van der Waals surface area contributed by atoms with Crippen molar-refractivity contribution in [1.29, 1.82) is 0 Å². The van der Waals surface area contributed by atoms with Gasteiger partial charge in [0, 0.05) is 10.6 Å². The van der Waals surface area contributed by atoms with Gasteiger partial charge in [-0.2, -0.15) is 0 Å². The van der Waals surface area contributed by atoms with E-state index in [4.69, 9.17) is 4.52 Å². The van der Waals surface area contributed by atoms with E-state index in [0.29, 0.717) is 16.9 Å². The second-order valence-corrected chi connectivity index (χ2v) is 6.08. The summed E-state index contributed by atoms with van der Waals surface area (Å²) in [5.41, 5.74) is 0. The zero-order chi connectivity index (χ0) is 12.8. The molecule has 0 aliphatic carbocycles. The molecule has 3 nitrogen and oxygen atoms in total. The van der Waals surface area contributed by atoms with Crippen molar-refractivity contribution in [2.24, 2.45) is 0 Å². The molecule has 2 aromatic carbocycles. The van der Waals surface area contributed by atoms with Crippen LogP contribution in [0.4, 0.5) is 0 Å². The Kier molecular flexibility index (Phi) is 4.08. The van der Waals surface area contributed by atoms with Gasteiger partial charge >= 0.3 is 0 Å². The third kappa shape index (κ3) is 2.58. The highest BCUT2D eigenvalue weighted by Gasteiger charge is 2.27. The van der Waals surface area contributed by atoms with Crippen LogP contribution in [0.1, 0.15) is 0 Å². The van der Waals surface area contributed by atoms with E-state index in [9.17, 15) is 9.36 Å². The van der Waals surface area contributed by atoms with E-state index < -0.39 is 7.37 Å². The molecule has 0 saturated heterocycles. The second-order valence-electron chi connectivity index (χ2n) is 3.69. The largest absolute Gasteiger partial charge is 0.314 e. The summed E-state index contributed by atoms with van der Waals surface area (Å²) in [6.45, 7) is -0.179. The van der Waals surface area contributed by atoms with Gasteiger partial charge < -0.3 is 9.32 Å². The Bertz CT molecular complexity index is 508. The minimum atomic E-state index is -3.17. The summed E-state index contributed by atoms with van der Waals surface area (Å²) in [4.78, 5) is 10.5. The second kappa shape index (κ2) is 5.76. The Morgan fingerprint density at radius 1 is 0.889 bits per heavy atom. The van der Waals surface area contributed by atoms with Gasteiger partial charge in [0.05, 0.1) is 0 Å². The summed E-state index contributed by atoms with van der Waals surface area (Å²) in [7, 11) is -3.17. The molecule has 0 bridgehead atoms. The maximum absolute atomic E-state index is 13.0. The van der Waals surface area contributed by atoms with E-state index in [0.717, 1.165) is 0 Å². The van der Waals surface area contributed by atoms with E-state index in [1.54, 1.807) is 48.5 Å². The fourth-order valence-electron chi connectivity index (χ4n) is 1.68. The van der Waals surface area contributed by atoms with Crippen molar-refractivity contribution in [2.75, 3.05) is 6.61 Å². The number of carbonyl (C=O) groups is 1. The summed E-state index contributed by atoms with van der Waals surface area (Å²) in [6, 6.07) is 17.9. The van der Waals surface area contributed by atoms with Gasteiger partial charge in [-0.25, -0.2) is 0 Å². The fraction of sp³-hybridized carbons (Fsp3) is 0.0714. The lowest BCUT2D eigenvalue weighted by Gasteiger charge is -2.17. The van der Waals surface area contributed by atoms with Crippen molar-refractivity contribution in [2.45, 2.75) is 0 Å². The first-order valence-corrected chi connectivity index (χ1v) is 7.19. The first-order chi connectivity index (χ1) is 8.77. The van der Waals surface area contributed by atoms with Crippen molar-refractivity contribution in [3.05, 3.63) is 60.7 Å². The van der Waals surface area contributed by atoms with Crippen LogP contribution in [0.5, 0.6) is 0 Å². The molecule has 0 unspecified atom stereocenters. The highest BCUT2D eigenvalue weighted by molar-refractivity contribution is 7.74. The van der Waals surface area contributed by atoms with E-state index >= 15 is 0 Å². The molecule has 92 valence electrons. The van der Waals surface area contributed by atoms with E-state index in [1.807, 2.05) is 12.1 Å². The molecule has 4 heteroatoms. The lowest BCUT2D eigenvalue weighted by atomic mass is 10.4. The van der Waals surface area contributed by atoms with Gasteiger partial charge in [-0.3, -0.25) is 4.57 Å². The van der Waals surface area contributed by atoms with Gasteiger partial charge in [0.25, 0.3) is 7.37 Å². The maximum atomic E-state index is 13.0. The van der Waals surface area contributed by atoms with Gasteiger partial charge in [-0.1, -0.05) is 36.4 Å². The number of benzene rings is 2. The first-order valence-electron chi connectivity index (χ1n) is 5.57. The minimum Gasteiger partial charge on any atom is -0.314 e. The van der Waals surface area contributed by atoms with Crippen molar-refractivity contribution in [3.8, 4) is 0 Å². The number of hydrogen-bond donors (Lipinski definition) is 0. The van der Waals surface area contributed by atoms with E-state index in [1.165, 1.54) is 0 Å². The van der Waals surface area contributed by atoms with Crippen LogP contribution in [0.2, 0.25) is 0 Å². The van der Waals surface area contributed by atoms with Crippen molar-refractivity contribution < 1.29 is 13.9 Å². The molecule has 0 aliphatic heterocycles. The molecule has 18 heavy (non-hydrogen) atoms. The smallest absolute Gasteiger partial charge is 0.261 e. The van der Waals surface area contributed by atoms with Gasteiger partial charge in [0.1, 0.15) is 12.9 Å². The molecule has 2 aromatic rings. The number of carbonyl (C=O) groups excluding carboxylic acids is 1. The molecule has 2 rings (SSSR count). The van der Waals surface area contributed by atoms with Crippen molar-refractivity contribution in [3.63, 3.8) is 0 Å². The van der Waals surface area contributed by atoms with Crippen molar-refractivity contribution >= 4 is 24.3 Å². The molecule has 0 atom stereocenters. The molecule has 0 aliphatic rings. The van der Waals surface area contributed by atoms with E-state index in [-0.39, 0.29) is 6.61 Å². The molecule has 0 spiro atoms. The highest BCUT2D eigenvalue weighted by Crippen LogP contribution is 2.44. The zero-order valence-corrected chi connectivity index (χ0v) is 10.6. The van der Waals surface area contributed by atoms with Gasteiger partial charge in [0.15, 0.2) is 0 Å². The first kappa shape index (κ1) is 12.7. The van der Waals surface area contributed by atoms with Gasteiger partial charge in [-0.15, -0.1) is 0 Å². The predicted molar refractivity (Wildman–Crippen MR) is 71.8 cm³/mol. The molecule has 0 amide bonds. The Morgan fingerprint density at radius 3 is 1.72 bits per heavy atom. The van der Waals surface area contributed by atoms with Crippen LogP contribution in [0.15, 0.2) is 60.7 Å². The Balaban J connectivity index is 2.48. The van der Waals surface area contributed by atoms with Crippen LogP contribution in [0.3, 0.4) is 0 Å². The lowest BCUT2D eigenvalue weighted by molar-refractivity contribution is -0.109. The summed E-state index contributed by atoms with van der Waals surface area (Å²) in [5.74, 6) is 0. The quantitative estimate of drug-likeness (QED) is 0.611. The Labute approximate surface area is 106 Å². The Morgan fingerprint density at radius 2 is 1.33 bits per heavy atom. The average Bonchev–Trinajstić information content (AvgIpc) is 2.46. The van der Waals surface area contributed by atoms with Crippen LogP contribution in [0.25, 0.3) is 0 Å². The van der Waals surface area contributed by atoms with Crippen molar-refractivity contribution in [1.82, 2.24) is 0 Å². The number of aldehydes is 1. The highest BCUT2D eigenvalue weighted by atomic mass is 31.2. The SMILES string of the molecule is O=CCOP(=O)(c1ccccc1)c1ccccc1. The fourth-order valence-corrected chi connectivity index (χ4v) is 3.68. The molecule has 0 aromatic heterocycles. The standard InChI is InChI=1S/C14H13O3P/c15-11-12-17-18(16,13-7-3-1-4-8-13)14-9-5-2-6-10-14/h1-11H,12H2. The van der Waals surface area contributed by atoms with Crippen LogP contribution >= 0.6 is 7.37 Å². The lowest BCUT2D eigenvalue weighted by Crippen LogP contribution is -2.18. The number of rotatable bonds is 5. The molecule has 0 N–H and O–H groups in total. The van der Waals surface area contributed by atoms with Crippen LogP contribution < -0.4 is 10.6 Å².